The van der Waals surface area contributed by atoms with E-state index in [0.717, 1.165) is 18.4 Å². The van der Waals surface area contributed by atoms with Crippen LogP contribution >= 0.6 is 0 Å². The average molecular weight is 278 g/mol. The molecule has 1 aliphatic rings. The number of hydrogen-bond acceptors (Lipinski definition) is 4. The summed E-state index contributed by atoms with van der Waals surface area (Å²) in [5.74, 6) is 0.588. The van der Waals surface area contributed by atoms with Crippen LogP contribution in [0.1, 0.15) is 31.4 Å². The number of hydrogen-bond donors (Lipinski definition) is 2. The third-order valence-electron chi connectivity index (χ3n) is 3.36. The lowest BCUT2D eigenvalue weighted by molar-refractivity contribution is -0.124. The molecular weight excluding hydrogens is 256 g/mol. The fourth-order valence-corrected chi connectivity index (χ4v) is 2.13. The summed E-state index contributed by atoms with van der Waals surface area (Å²) in [6.45, 7) is 3.39. The number of nitrogens with two attached hydrogens (primary N) is 1. The first-order valence-corrected chi connectivity index (χ1v) is 7.00. The quantitative estimate of drug-likeness (QED) is 0.853. The Kier molecular flexibility index (Phi) is 5.38. The third kappa shape index (κ3) is 4.51. The lowest BCUT2D eigenvalue weighted by Gasteiger charge is -2.23. The molecule has 1 aliphatic heterocycles. The van der Waals surface area contributed by atoms with Crippen molar-refractivity contribution in [3.8, 4) is 5.75 Å². The van der Waals surface area contributed by atoms with E-state index >= 15 is 0 Å². The van der Waals surface area contributed by atoms with Crippen LogP contribution in [0.2, 0.25) is 0 Å². The van der Waals surface area contributed by atoms with E-state index in [0.29, 0.717) is 19.0 Å². The van der Waals surface area contributed by atoms with Crippen molar-refractivity contribution in [3.05, 3.63) is 29.8 Å². The van der Waals surface area contributed by atoms with Crippen molar-refractivity contribution in [2.75, 3.05) is 19.8 Å². The first-order valence-electron chi connectivity index (χ1n) is 7.00. The lowest BCUT2D eigenvalue weighted by Crippen LogP contribution is -2.41. The van der Waals surface area contributed by atoms with E-state index in [4.69, 9.17) is 15.2 Å². The van der Waals surface area contributed by atoms with Crippen LogP contribution in [0.15, 0.2) is 24.3 Å². The molecule has 1 aromatic carbocycles. The molecule has 0 unspecified atom stereocenters. The Hall–Kier alpha value is -1.59. The molecule has 20 heavy (non-hydrogen) atoms. The molecule has 0 bridgehead atoms. The molecule has 3 N–H and O–H groups in total. The van der Waals surface area contributed by atoms with E-state index in [9.17, 15) is 4.79 Å². The summed E-state index contributed by atoms with van der Waals surface area (Å²) in [4.78, 5) is 11.8. The summed E-state index contributed by atoms with van der Waals surface area (Å²) in [6.07, 6.45) is 1.74. The predicted octanol–water partition coefficient (Wildman–Crippen LogP) is 1.38. The standard InChI is InChI=1S/C15H22N2O3/c1-11(16)12-2-4-14(5-3-12)20-10-15(18)17-13-6-8-19-9-7-13/h2-5,11,13H,6-10,16H2,1H3,(H,17,18)/t11-/m1/s1. The number of amides is 1. The van der Waals surface area contributed by atoms with E-state index in [1.165, 1.54) is 0 Å². The highest BCUT2D eigenvalue weighted by molar-refractivity contribution is 5.77. The summed E-state index contributed by atoms with van der Waals surface area (Å²) in [6, 6.07) is 7.70. The van der Waals surface area contributed by atoms with Gasteiger partial charge in [0, 0.05) is 25.3 Å². The zero-order valence-corrected chi connectivity index (χ0v) is 11.8. The molecule has 0 aliphatic carbocycles. The fraction of sp³-hybridized carbons (Fsp3) is 0.533. The Morgan fingerprint density at radius 1 is 1.40 bits per heavy atom. The van der Waals surface area contributed by atoms with Crippen molar-refractivity contribution >= 4 is 5.91 Å². The Bertz CT molecular complexity index is 425. The van der Waals surface area contributed by atoms with E-state index in [2.05, 4.69) is 5.32 Å². The Morgan fingerprint density at radius 3 is 2.65 bits per heavy atom. The topological polar surface area (TPSA) is 73.6 Å². The van der Waals surface area contributed by atoms with Crippen molar-refractivity contribution in [2.24, 2.45) is 5.73 Å². The maximum atomic E-state index is 11.8. The van der Waals surface area contributed by atoms with Crippen LogP contribution in [-0.2, 0) is 9.53 Å². The second-order valence-corrected chi connectivity index (χ2v) is 5.10. The molecule has 1 atom stereocenters. The van der Waals surface area contributed by atoms with Gasteiger partial charge in [-0.25, -0.2) is 0 Å². The van der Waals surface area contributed by atoms with E-state index in [-0.39, 0.29) is 24.6 Å². The molecule has 5 nitrogen and oxygen atoms in total. The van der Waals surface area contributed by atoms with Crippen LogP contribution in [0.25, 0.3) is 0 Å². The van der Waals surface area contributed by atoms with Crippen molar-refractivity contribution in [1.82, 2.24) is 5.32 Å². The minimum Gasteiger partial charge on any atom is -0.484 e. The monoisotopic (exact) mass is 278 g/mol. The summed E-state index contributed by atoms with van der Waals surface area (Å²) in [5, 5.41) is 2.95. The molecular formula is C15H22N2O3. The van der Waals surface area contributed by atoms with Gasteiger partial charge in [0.15, 0.2) is 6.61 Å². The summed E-state index contributed by atoms with van der Waals surface area (Å²) < 4.78 is 10.7. The van der Waals surface area contributed by atoms with E-state index in [1.807, 2.05) is 31.2 Å². The second-order valence-electron chi connectivity index (χ2n) is 5.10. The zero-order valence-electron chi connectivity index (χ0n) is 11.8. The molecule has 0 saturated carbocycles. The van der Waals surface area contributed by atoms with Gasteiger partial charge in [0.2, 0.25) is 0 Å². The molecule has 1 fully saturated rings. The first kappa shape index (κ1) is 14.8. The molecule has 0 spiro atoms. The molecule has 1 aromatic rings. The van der Waals surface area contributed by atoms with Gasteiger partial charge in [-0.1, -0.05) is 12.1 Å². The molecule has 0 radical (unpaired) electrons. The largest absolute Gasteiger partial charge is 0.484 e. The van der Waals surface area contributed by atoms with Crippen molar-refractivity contribution in [3.63, 3.8) is 0 Å². The van der Waals surface area contributed by atoms with Crippen LogP contribution in [0.3, 0.4) is 0 Å². The number of carbonyl (C=O) groups is 1. The average Bonchev–Trinajstić information content (AvgIpc) is 2.46. The molecule has 1 amide bonds. The van der Waals surface area contributed by atoms with Crippen LogP contribution < -0.4 is 15.8 Å². The van der Waals surface area contributed by atoms with Gasteiger partial charge < -0.3 is 20.5 Å². The van der Waals surface area contributed by atoms with Gasteiger partial charge in [-0.3, -0.25) is 4.79 Å². The van der Waals surface area contributed by atoms with Crippen LogP contribution in [-0.4, -0.2) is 31.8 Å². The highest BCUT2D eigenvalue weighted by atomic mass is 16.5. The minimum absolute atomic E-state index is 0.000805. The van der Waals surface area contributed by atoms with Crippen LogP contribution in [0.4, 0.5) is 0 Å². The number of benzene rings is 1. The van der Waals surface area contributed by atoms with Gasteiger partial charge in [0.1, 0.15) is 5.75 Å². The van der Waals surface area contributed by atoms with E-state index in [1.54, 1.807) is 0 Å². The minimum atomic E-state index is -0.0897. The van der Waals surface area contributed by atoms with Crippen molar-refractivity contribution in [1.29, 1.82) is 0 Å². The molecule has 2 rings (SSSR count). The highest BCUT2D eigenvalue weighted by Gasteiger charge is 2.16. The number of ether oxygens (including phenoxy) is 2. The number of nitrogens with one attached hydrogen (secondary N) is 1. The second kappa shape index (κ2) is 7.26. The fourth-order valence-electron chi connectivity index (χ4n) is 2.13. The smallest absolute Gasteiger partial charge is 0.258 e. The zero-order chi connectivity index (χ0) is 14.4. The van der Waals surface area contributed by atoms with Gasteiger partial charge >= 0.3 is 0 Å². The van der Waals surface area contributed by atoms with Gasteiger partial charge in [-0.05, 0) is 37.5 Å². The molecule has 110 valence electrons. The predicted molar refractivity (Wildman–Crippen MR) is 76.5 cm³/mol. The number of carbonyl (C=O) groups excluding carboxylic acids is 1. The summed E-state index contributed by atoms with van der Waals surface area (Å²) in [7, 11) is 0. The van der Waals surface area contributed by atoms with Gasteiger partial charge in [-0.2, -0.15) is 0 Å². The van der Waals surface area contributed by atoms with E-state index < -0.39 is 0 Å². The lowest BCUT2D eigenvalue weighted by atomic mass is 10.1. The summed E-state index contributed by atoms with van der Waals surface area (Å²) >= 11 is 0. The molecule has 5 heteroatoms. The Balaban J connectivity index is 1.74. The Morgan fingerprint density at radius 2 is 2.05 bits per heavy atom. The number of rotatable bonds is 5. The molecule has 1 saturated heterocycles. The van der Waals surface area contributed by atoms with Gasteiger partial charge in [0.25, 0.3) is 5.91 Å². The normalized spacial score (nSPS) is 17.5. The SMILES string of the molecule is C[C@@H](N)c1ccc(OCC(=O)NC2CCOCC2)cc1. The molecule has 1 heterocycles. The van der Waals surface area contributed by atoms with Crippen LogP contribution in [0.5, 0.6) is 5.75 Å². The Labute approximate surface area is 119 Å². The maximum Gasteiger partial charge on any atom is 0.258 e. The van der Waals surface area contributed by atoms with Gasteiger partial charge in [-0.15, -0.1) is 0 Å². The van der Waals surface area contributed by atoms with Crippen LogP contribution in [0, 0.1) is 0 Å². The highest BCUT2D eigenvalue weighted by Crippen LogP contribution is 2.16. The molecule has 0 aromatic heterocycles. The van der Waals surface area contributed by atoms with Crippen molar-refractivity contribution < 1.29 is 14.3 Å². The third-order valence-corrected chi connectivity index (χ3v) is 3.36. The van der Waals surface area contributed by atoms with Crippen molar-refractivity contribution in [2.45, 2.75) is 31.8 Å². The summed E-state index contributed by atoms with van der Waals surface area (Å²) in [5.41, 5.74) is 6.82. The van der Waals surface area contributed by atoms with Gasteiger partial charge in [0.05, 0.1) is 0 Å². The first-order chi connectivity index (χ1) is 9.65. The maximum absolute atomic E-state index is 11.8.